The molecule has 0 radical (unpaired) electrons. The van der Waals surface area contributed by atoms with Crippen LogP contribution in [0.1, 0.15) is 29.2 Å². The Hall–Kier alpha value is -3.59. The quantitative estimate of drug-likeness (QED) is 0.694. The first-order valence-corrected chi connectivity index (χ1v) is 8.05. The summed E-state index contributed by atoms with van der Waals surface area (Å²) < 4.78 is 43.8. The largest absolute Gasteiger partial charge is 0.344 e. The minimum atomic E-state index is -1.28. The SMILES string of the molecule is N#Cc1cc(F)cc([C@H]2C[C@H](F)CN2c2nc3c(C#N)cnn3cc2F)c1. The summed E-state index contributed by atoms with van der Waals surface area (Å²) in [4.78, 5) is 5.56. The monoisotopic (exact) mass is 368 g/mol. The van der Waals surface area contributed by atoms with Crippen LogP contribution in [0.2, 0.25) is 0 Å². The zero-order chi connectivity index (χ0) is 19.1. The number of aromatic nitrogens is 3. The number of alkyl halides is 1. The molecule has 2 atom stereocenters. The first-order chi connectivity index (χ1) is 13.0. The van der Waals surface area contributed by atoms with E-state index in [0.29, 0.717) is 5.56 Å². The van der Waals surface area contributed by atoms with Crippen molar-refractivity contribution in [2.75, 3.05) is 11.4 Å². The number of rotatable bonds is 2. The van der Waals surface area contributed by atoms with Crippen molar-refractivity contribution in [3.8, 4) is 12.1 Å². The summed E-state index contributed by atoms with van der Waals surface area (Å²) in [5.41, 5.74) is 0.758. The number of fused-ring (bicyclic) bond motifs is 1. The summed E-state index contributed by atoms with van der Waals surface area (Å²) in [5.74, 6) is -1.52. The van der Waals surface area contributed by atoms with Crippen molar-refractivity contribution >= 4 is 11.5 Å². The van der Waals surface area contributed by atoms with Crippen LogP contribution in [0.5, 0.6) is 0 Å². The van der Waals surface area contributed by atoms with Gasteiger partial charge in [-0.3, -0.25) is 0 Å². The van der Waals surface area contributed by atoms with Crippen LogP contribution in [0.25, 0.3) is 5.65 Å². The second-order valence-corrected chi connectivity index (χ2v) is 6.24. The van der Waals surface area contributed by atoms with E-state index in [1.807, 2.05) is 12.1 Å². The van der Waals surface area contributed by atoms with Crippen molar-refractivity contribution in [1.82, 2.24) is 14.6 Å². The number of halogens is 3. The van der Waals surface area contributed by atoms with Gasteiger partial charge < -0.3 is 4.90 Å². The van der Waals surface area contributed by atoms with Crippen LogP contribution in [-0.4, -0.2) is 27.3 Å². The molecule has 6 nitrogen and oxygen atoms in total. The molecule has 1 fully saturated rings. The molecule has 3 aromatic rings. The fraction of sp³-hybridized carbons (Fsp3) is 0.222. The number of nitrogens with zero attached hydrogens (tertiary/aromatic N) is 6. The fourth-order valence-corrected chi connectivity index (χ4v) is 3.36. The molecule has 0 saturated carbocycles. The Morgan fingerprint density at radius 3 is 2.70 bits per heavy atom. The maximum absolute atomic E-state index is 14.6. The zero-order valence-electron chi connectivity index (χ0n) is 13.8. The van der Waals surface area contributed by atoms with Gasteiger partial charge in [0.25, 0.3) is 0 Å². The van der Waals surface area contributed by atoms with E-state index in [1.165, 1.54) is 23.2 Å². The van der Waals surface area contributed by atoms with Crippen molar-refractivity contribution in [1.29, 1.82) is 10.5 Å². The fourth-order valence-electron chi connectivity index (χ4n) is 3.36. The molecule has 9 heteroatoms. The van der Waals surface area contributed by atoms with Gasteiger partial charge in [0.1, 0.15) is 23.6 Å². The number of nitriles is 2. The van der Waals surface area contributed by atoms with Gasteiger partial charge in [-0.15, -0.1) is 0 Å². The predicted octanol–water partition coefficient (Wildman–Crippen LogP) is 3.04. The summed E-state index contributed by atoms with van der Waals surface area (Å²) in [6.07, 6.45) is 1.05. The van der Waals surface area contributed by atoms with Gasteiger partial charge in [-0.25, -0.2) is 22.7 Å². The van der Waals surface area contributed by atoms with Crippen LogP contribution < -0.4 is 4.90 Å². The Bertz CT molecular complexity index is 1130. The standard InChI is InChI=1S/C18H11F3N6/c19-13-2-10(5-22)1-11(3-13)16-4-14(20)8-26(16)18-15(21)9-27-17(25-18)12(6-23)7-24-27/h1-3,7,9,14,16H,4,8H2/t14-,16+/m0/s1. The molecule has 1 aliphatic rings. The molecule has 1 aromatic carbocycles. The molecule has 0 amide bonds. The van der Waals surface area contributed by atoms with Crippen LogP contribution >= 0.6 is 0 Å². The topological polar surface area (TPSA) is 81.0 Å². The summed E-state index contributed by atoms with van der Waals surface area (Å²) >= 11 is 0. The zero-order valence-corrected chi connectivity index (χ0v) is 13.8. The first kappa shape index (κ1) is 16.9. The van der Waals surface area contributed by atoms with E-state index in [2.05, 4.69) is 10.1 Å². The number of hydrogen-bond acceptors (Lipinski definition) is 5. The number of anilines is 1. The van der Waals surface area contributed by atoms with Crippen LogP contribution in [0, 0.1) is 34.3 Å². The normalized spacial score (nSPS) is 19.2. The third-order valence-corrected chi connectivity index (χ3v) is 4.51. The summed E-state index contributed by atoms with van der Waals surface area (Å²) in [7, 11) is 0. The van der Waals surface area contributed by atoms with Gasteiger partial charge in [-0.2, -0.15) is 15.6 Å². The Morgan fingerprint density at radius 1 is 1.15 bits per heavy atom. The Kier molecular flexibility index (Phi) is 3.93. The molecular formula is C18H11F3N6. The molecule has 0 spiro atoms. The average Bonchev–Trinajstić information content (AvgIpc) is 3.22. The van der Waals surface area contributed by atoms with E-state index >= 15 is 0 Å². The van der Waals surface area contributed by atoms with Gasteiger partial charge in [0, 0.05) is 6.42 Å². The van der Waals surface area contributed by atoms with E-state index < -0.39 is 23.8 Å². The molecule has 0 bridgehead atoms. The summed E-state index contributed by atoms with van der Waals surface area (Å²) in [6, 6.07) is 6.81. The molecule has 134 valence electrons. The van der Waals surface area contributed by atoms with E-state index in [-0.39, 0.29) is 35.6 Å². The first-order valence-electron chi connectivity index (χ1n) is 8.05. The molecule has 3 heterocycles. The lowest BCUT2D eigenvalue weighted by Crippen LogP contribution is -2.26. The van der Waals surface area contributed by atoms with Gasteiger partial charge in [-0.1, -0.05) is 0 Å². The summed E-state index contributed by atoms with van der Waals surface area (Å²) in [6.45, 7) is -0.140. The second-order valence-electron chi connectivity index (χ2n) is 6.24. The van der Waals surface area contributed by atoms with E-state index in [0.717, 1.165) is 16.8 Å². The number of hydrogen-bond donors (Lipinski definition) is 0. The Labute approximate surface area is 151 Å². The van der Waals surface area contributed by atoms with Crippen molar-refractivity contribution in [3.63, 3.8) is 0 Å². The van der Waals surface area contributed by atoms with Gasteiger partial charge in [0.15, 0.2) is 17.3 Å². The maximum atomic E-state index is 14.6. The minimum Gasteiger partial charge on any atom is -0.344 e. The van der Waals surface area contributed by atoms with Gasteiger partial charge >= 0.3 is 0 Å². The van der Waals surface area contributed by atoms with Crippen LogP contribution in [0.15, 0.2) is 30.6 Å². The molecule has 1 aliphatic heterocycles. The van der Waals surface area contributed by atoms with Crippen molar-refractivity contribution in [2.45, 2.75) is 18.6 Å². The van der Waals surface area contributed by atoms with Crippen LogP contribution in [0.3, 0.4) is 0 Å². The lowest BCUT2D eigenvalue weighted by Gasteiger charge is -2.26. The molecule has 0 unspecified atom stereocenters. The van der Waals surface area contributed by atoms with Crippen LogP contribution in [-0.2, 0) is 0 Å². The molecule has 0 aliphatic carbocycles. The second kappa shape index (κ2) is 6.29. The van der Waals surface area contributed by atoms with Crippen molar-refractivity contribution < 1.29 is 13.2 Å². The molecule has 4 rings (SSSR count). The Morgan fingerprint density at radius 2 is 1.96 bits per heavy atom. The maximum Gasteiger partial charge on any atom is 0.184 e. The highest BCUT2D eigenvalue weighted by Gasteiger charge is 2.36. The third-order valence-electron chi connectivity index (χ3n) is 4.51. The van der Waals surface area contributed by atoms with Gasteiger partial charge in [0.2, 0.25) is 0 Å². The van der Waals surface area contributed by atoms with E-state index in [9.17, 15) is 13.2 Å². The van der Waals surface area contributed by atoms with E-state index in [1.54, 1.807) is 0 Å². The van der Waals surface area contributed by atoms with Gasteiger partial charge in [0.05, 0.1) is 36.6 Å². The van der Waals surface area contributed by atoms with Crippen LogP contribution in [0.4, 0.5) is 19.0 Å². The summed E-state index contributed by atoms with van der Waals surface area (Å²) in [5, 5.41) is 22.0. The Balaban J connectivity index is 1.84. The van der Waals surface area contributed by atoms with Crippen molar-refractivity contribution in [3.05, 3.63) is 58.9 Å². The highest BCUT2D eigenvalue weighted by atomic mass is 19.1. The lowest BCUT2D eigenvalue weighted by molar-refractivity contribution is 0.356. The van der Waals surface area contributed by atoms with Gasteiger partial charge in [-0.05, 0) is 23.8 Å². The average molecular weight is 368 g/mol. The predicted molar refractivity (Wildman–Crippen MR) is 88.4 cm³/mol. The molecule has 2 aromatic heterocycles. The lowest BCUT2D eigenvalue weighted by atomic mass is 10.0. The number of benzene rings is 1. The third kappa shape index (κ3) is 2.83. The highest BCUT2D eigenvalue weighted by molar-refractivity contribution is 5.59. The minimum absolute atomic E-state index is 0.00495. The van der Waals surface area contributed by atoms with E-state index in [4.69, 9.17) is 10.5 Å². The molecule has 1 saturated heterocycles. The molecule has 27 heavy (non-hydrogen) atoms. The molecular weight excluding hydrogens is 357 g/mol. The smallest absolute Gasteiger partial charge is 0.184 e. The molecule has 0 N–H and O–H groups in total. The van der Waals surface area contributed by atoms with Crippen molar-refractivity contribution in [2.24, 2.45) is 0 Å². The highest BCUT2D eigenvalue weighted by Crippen LogP contribution is 2.38.